The first-order valence-corrected chi connectivity index (χ1v) is 15.1. The van der Waals surface area contributed by atoms with Gasteiger partial charge in [-0.15, -0.1) is 0 Å². The molecule has 2 fully saturated rings. The molecule has 4 N–H and O–H groups in total. The summed E-state index contributed by atoms with van der Waals surface area (Å²) < 4.78 is 53.9. The molecular formula is C26H35FN7O6P. The van der Waals surface area contributed by atoms with Crippen molar-refractivity contribution in [3.05, 3.63) is 36.7 Å². The topological polar surface area (TPSA) is 165 Å². The van der Waals surface area contributed by atoms with Crippen LogP contribution in [0.25, 0.3) is 11.2 Å². The first kappa shape index (κ1) is 29.2. The Morgan fingerprint density at radius 1 is 1.27 bits per heavy atom. The van der Waals surface area contributed by atoms with Crippen molar-refractivity contribution in [2.45, 2.75) is 83.1 Å². The number of halogens is 1. The van der Waals surface area contributed by atoms with E-state index in [1.807, 2.05) is 0 Å². The minimum absolute atomic E-state index is 0.0241. The summed E-state index contributed by atoms with van der Waals surface area (Å²) in [5.74, 6) is 0.141. The molecule has 1 saturated carbocycles. The number of carbonyl (C=O) groups is 1. The fourth-order valence-electron chi connectivity index (χ4n) is 4.51. The van der Waals surface area contributed by atoms with Crippen LogP contribution in [0.4, 0.5) is 16.2 Å². The molecule has 0 bridgehead atoms. The van der Waals surface area contributed by atoms with E-state index in [0.717, 1.165) is 12.8 Å². The molecule has 1 aliphatic carbocycles. The van der Waals surface area contributed by atoms with Gasteiger partial charge in [-0.05, 0) is 52.7 Å². The van der Waals surface area contributed by atoms with Crippen LogP contribution in [0.2, 0.25) is 0 Å². The van der Waals surface area contributed by atoms with Gasteiger partial charge < -0.3 is 25.0 Å². The molecule has 0 spiro atoms. The first-order chi connectivity index (χ1) is 19.4. The van der Waals surface area contributed by atoms with Crippen molar-refractivity contribution in [3.8, 4) is 5.75 Å². The molecule has 3 aromatic rings. The van der Waals surface area contributed by atoms with Gasteiger partial charge in [0.2, 0.25) is 5.95 Å². The number of anilines is 2. The summed E-state index contributed by atoms with van der Waals surface area (Å²) in [5.41, 5.74) is 4.87. The van der Waals surface area contributed by atoms with Crippen molar-refractivity contribution in [1.29, 1.82) is 0 Å². The molecule has 1 saturated heterocycles. The van der Waals surface area contributed by atoms with Crippen LogP contribution in [-0.2, 0) is 23.4 Å². The van der Waals surface area contributed by atoms with Crippen LogP contribution in [0.1, 0.15) is 53.2 Å². The maximum absolute atomic E-state index is 15.9. The highest BCUT2D eigenvalue weighted by Gasteiger charge is 2.48. The average molecular weight is 592 g/mol. The van der Waals surface area contributed by atoms with E-state index in [0.29, 0.717) is 23.0 Å². The number of imidazole rings is 1. The van der Waals surface area contributed by atoms with Crippen LogP contribution in [-0.4, -0.2) is 62.1 Å². The quantitative estimate of drug-likeness (QED) is 0.204. The van der Waals surface area contributed by atoms with Crippen LogP contribution in [0, 0.1) is 0 Å². The molecule has 1 aromatic carbocycles. The first-order valence-electron chi connectivity index (χ1n) is 13.5. The lowest BCUT2D eigenvalue weighted by atomic mass is 10.0. The van der Waals surface area contributed by atoms with E-state index in [1.54, 1.807) is 44.2 Å². The Bertz CT molecular complexity index is 1430. The molecule has 5 rings (SSSR count). The molecule has 1 aliphatic heterocycles. The minimum Gasteiger partial charge on any atom is -0.462 e. The van der Waals surface area contributed by atoms with Gasteiger partial charge in [-0.3, -0.25) is 13.9 Å². The Morgan fingerprint density at radius 2 is 2.00 bits per heavy atom. The molecule has 5 atom stereocenters. The summed E-state index contributed by atoms with van der Waals surface area (Å²) in [5, 5.41) is 5.90. The third-order valence-electron chi connectivity index (χ3n) is 6.53. The van der Waals surface area contributed by atoms with E-state index in [4.69, 9.17) is 24.3 Å². The molecule has 0 radical (unpaired) electrons. The van der Waals surface area contributed by atoms with Crippen molar-refractivity contribution in [1.82, 2.24) is 24.6 Å². The van der Waals surface area contributed by atoms with Gasteiger partial charge in [0.1, 0.15) is 11.8 Å². The lowest BCUT2D eigenvalue weighted by Crippen LogP contribution is -2.36. The maximum atomic E-state index is 15.9. The van der Waals surface area contributed by atoms with Gasteiger partial charge in [-0.25, -0.2) is 13.9 Å². The monoisotopic (exact) mass is 591 g/mol. The highest BCUT2D eigenvalue weighted by Crippen LogP contribution is 2.48. The second kappa shape index (κ2) is 11.5. The second-order valence-electron chi connectivity index (χ2n) is 10.8. The number of benzene rings is 1. The van der Waals surface area contributed by atoms with Crippen LogP contribution < -0.4 is 20.7 Å². The predicted molar refractivity (Wildman–Crippen MR) is 149 cm³/mol. The third kappa shape index (κ3) is 6.95. The highest BCUT2D eigenvalue weighted by molar-refractivity contribution is 7.52. The maximum Gasteiger partial charge on any atom is 0.459 e. The van der Waals surface area contributed by atoms with E-state index < -0.39 is 37.8 Å². The highest BCUT2D eigenvalue weighted by atomic mass is 31.2. The van der Waals surface area contributed by atoms with E-state index in [-0.39, 0.29) is 30.8 Å². The third-order valence-corrected chi connectivity index (χ3v) is 8.17. The average Bonchev–Trinajstić information content (AvgIpc) is 3.53. The number of rotatable bonds is 12. The van der Waals surface area contributed by atoms with Gasteiger partial charge >= 0.3 is 13.7 Å². The standard InChI is InChI=1S/C26H35FN7O6P/c1-15(2)38-23(35)16(3)33-41(36,40-18-8-6-5-7-9-18)37-13-19-12-26(4,27)24(39-19)34-14-29-20-21(30-17-10-11-17)31-25(28)32-22(20)34/h5-9,14-17,19,24H,10-13H2,1-4H3,(H,33,36)(H3,28,30,31,32)/t16-,19-,24+,26+,41-/m0/s1. The fourth-order valence-corrected chi connectivity index (χ4v) is 6.04. The van der Waals surface area contributed by atoms with Gasteiger partial charge in [0, 0.05) is 12.5 Å². The predicted octanol–water partition coefficient (Wildman–Crippen LogP) is 4.13. The molecular weight excluding hydrogens is 556 g/mol. The van der Waals surface area contributed by atoms with Gasteiger partial charge in [0.25, 0.3) is 0 Å². The lowest BCUT2D eigenvalue weighted by molar-refractivity contribution is -0.149. The second-order valence-corrected chi connectivity index (χ2v) is 12.5. The number of hydrogen-bond donors (Lipinski definition) is 3. The van der Waals surface area contributed by atoms with E-state index in [1.165, 1.54) is 24.7 Å². The molecule has 0 unspecified atom stereocenters. The zero-order chi connectivity index (χ0) is 29.4. The zero-order valence-corrected chi connectivity index (χ0v) is 24.2. The fraction of sp³-hybridized carbons (Fsp3) is 0.538. The Balaban J connectivity index is 1.32. The van der Waals surface area contributed by atoms with Crippen molar-refractivity contribution in [2.75, 3.05) is 17.7 Å². The zero-order valence-electron chi connectivity index (χ0n) is 23.3. The van der Waals surface area contributed by atoms with Crippen LogP contribution >= 0.6 is 7.75 Å². The summed E-state index contributed by atoms with van der Waals surface area (Å²) in [6.45, 7) is 6.01. The number of fused-ring (bicyclic) bond motifs is 1. The normalized spacial score (nSPS) is 24.7. The van der Waals surface area contributed by atoms with E-state index in [9.17, 15) is 9.36 Å². The van der Waals surface area contributed by atoms with Gasteiger partial charge in [0.15, 0.2) is 28.9 Å². The molecule has 15 heteroatoms. The van der Waals surface area contributed by atoms with Crippen molar-refractivity contribution < 1.29 is 32.3 Å². The summed E-state index contributed by atoms with van der Waals surface area (Å²) >= 11 is 0. The van der Waals surface area contributed by atoms with Crippen molar-refractivity contribution >= 4 is 36.6 Å². The number of hydrogen-bond acceptors (Lipinski definition) is 11. The number of nitrogens with zero attached hydrogens (tertiary/aromatic N) is 4. The Kier molecular flexibility index (Phi) is 8.20. The summed E-state index contributed by atoms with van der Waals surface area (Å²) in [4.78, 5) is 25.3. The summed E-state index contributed by atoms with van der Waals surface area (Å²) in [6, 6.07) is 7.65. The number of alkyl halides is 1. The van der Waals surface area contributed by atoms with Crippen LogP contribution in [0.3, 0.4) is 0 Å². The molecule has 41 heavy (non-hydrogen) atoms. The molecule has 3 heterocycles. The van der Waals surface area contributed by atoms with Gasteiger partial charge in [-0.2, -0.15) is 15.1 Å². The molecule has 13 nitrogen and oxygen atoms in total. The Hall–Kier alpha value is -3.32. The number of nitrogen functional groups attached to an aromatic ring is 1. The molecule has 222 valence electrons. The summed E-state index contributed by atoms with van der Waals surface area (Å²) in [6.07, 6.45) is 1.10. The number of nitrogens with one attached hydrogen (secondary N) is 2. The van der Waals surface area contributed by atoms with Crippen LogP contribution in [0.5, 0.6) is 5.75 Å². The SMILES string of the molecule is CC(C)OC(=O)[C@H](C)N[P@](=O)(OC[C@@H]1C[C@@](C)(F)[C@H](n2cnc3c(NC4CC4)nc(N)nc32)O1)Oc1ccccc1. The Labute approximate surface area is 236 Å². The molecule has 0 amide bonds. The van der Waals surface area contributed by atoms with Gasteiger partial charge in [0.05, 0.1) is 25.1 Å². The number of nitrogens with two attached hydrogens (primary N) is 1. The van der Waals surface area contributed by atoms with Gasteiger partial charge in [-0.1, -0.05) is 18.2 Å². The van der Waals surface area contributed by atoms with E-state index in [2.05, 4.69) is 25.4 Å². The lowest BCUT2D eigenvalue weighted by Gasteiger charge is -2.24. The number of esters is 1. The minimum atomic E-state index is -4.15. The number of ether oxygens (including phenoxy) is 2. The largest absolute Gasteiger partial charge is 0.462 e. The molecule has 2 aromatic heterocycles. The summed E-state index contributed by atoms with van der Waals surface area (Å²) in [7, 11) is -4.15. The van der Waals surface area contributed by atoms with Crippen LogP contribution in [0.15, 0.2) is 36.7 Å². The number of carbonyl (C=O) groups excluding carboxylic acids is 1. The van der Waals surface area contributed by atoms with Crippen molar-refractivity contribution in [3.63, 3.8) is 0 Å². The molecule has 2 aliphatic rings. The number of para-hydroxylation sites is 1. The van der Waals surface area contributed by atoms with Crippen molar-refractivity contribution in [2.24, 2.45) is 0 Å². The smallest absolute Gasteiger partial charge is 0.459 e. The number of aromatic nitrogens is 4. The Morgan fingerprint density at radius 3 is 2.68 bits per heavy atom. The van der Waals surface area contributed by atoms with E-state index >= 15 is 4.39 Å².